The average Bonchev–Trinajstić information content (AvgIpc) is 3.27. The largest absolute Gasteiger partial charge is 0.456 e. The lowest BCUT2D eigenvalue weighted by Crippen LogP contribution is -2.29. The standard InChI is InChI=1S/C20H25N3O6S2/c1-14(2)12-21-20(26)15-6-3-4-7-16(15)23-17(24)13-29-18(25)9-10-22-31(27,28)19-8-5-11-30-19/h3-8,11,14,22H,9-10,12-13H2,1-2H3,(H,21,26)(H,23,24). The summed E-state index contributed by atoms with van der Waals surface area (Å²) < 4.78 is 31.3. The minimum atomic E-state index is -3.66. The van der Waals surface area contributed by atoms with Crippen molar-refractivity contribution >= 4 is 44.8 Å². The molecular weight excluding hydrogens is 442 g/mol. The van der Waals surface area contributed by atoms with Gasteiger partial charge >= 0.3 is 5.97 Å². The van der Waals surface area contributed by atoms with Gasteiger partial charge in [-0.15, -0.1) is 11.3 Å². The van der Waals surface area contributed by atoms with E-state index in [0.29, 0.717) is 17.8 Å². The number of carbonyl (C=O) groups is 3. The molecule has 0 aliphatic carbocycles. The number of hydrogen-bond acceptors (Lipinski definition) is 7. The third-order valence-electron chi connectivity index (χ3n) is 3.86. The van der Waals surface area contributed by atoms with Gasteiger partial charge in [0.15, 0.2) is 6.61 Å². The molecule has 3 N–H and O–H groups in total. The van der Waals surface area contributed by atoms with E-state index in [2.05, 4.69) is 15.4 Å². The molecule has 168 valence electrons. The van der Waals surface area contributed by atoms with Gasteiger partial charge in [-0.25, -0.2) is 13.1 Å². The molecule has 0 unspecified atom stereocenters. The molecule has 0 aliphatic heterocycles. The van der Waals surface area contributed by atoms with Gasteiger partial charge in [0, 0.05) is 13.1 Å². The molecule has 0 fully saturated rings. The fourth-order valence-electron chi connectivity index (χ4n) is 2.36. The summed E-state index contributed by atoms with van der Waals surface area (Å²) in [5.41, 5.74) is 0.597. The van der Waals surface area contributed by atoms with Crippen molar-refractivity contribution in [1.29, 1.82) is 0 Å². The summed E-state index contributed by atoms with van der Waals surface area (Å²) in [7, 11) is -3.66. The maximum absolute atomic E-state index is 12.3. The molecule has 0 atom stereocenters. The minimum Gasteiger partial charge on any atom is -0.456 e. The lowest BCUT2D eigenvalue weighted by atomic mass is 10.1. The van der Waals surface area contributed by atoms with Crippen molar-refractivity contribution in [3.05, 3.63) is 47.3 Å². The van der Waals surface area contributed by atoms with Crippen molar-refractivity contribution in [2.45, 2.75) is 24.5 Å². The Hall–Kier alpha value is -2.76. The first kappa shape index (κ1) is 24.5. The van der Waals surface area contributed by atoms with Crippen LogP contribution in [0.15, 0.2) is 46.0 Å². The van der Waals surface area contributed by atoms with E-state index < -0.39 is 28.5 Å². The number of rotatable bonds is 11. The van der Waals surface area contributed by atoms with Crippen LogP contribution in [0.1, 0.15) is 30.6 Å². The van der Waals surface area contributed by atoms with Gasteiger partial charge in [0.2, 0.25) is 10.0 Å². The quantitative estimate of drug-likeness (QED) is 0.433. The number of benzene rings is 1. The minimum absolute atomic E-state index is 0.149. The van der Waals surface area contributed by atoms with Gasteiger partial charge in [0.1, 0.15) is 4.21 Å². The molecule has 11 heteroatoms. The predicted octanol–water partition coefficient (Wildman–Crippen LogP) is 1.98. The highest BCUT2D eigenvalue weighted by molar-refractivity contribution is 7.91. The van der Waals surface area contributed by atoms with Gasteiger partial charge in [-0.1, -0.05) is 32.0 Å². The molecule has 0 saturated heterocycles. The third kappa shape index (κ3) is 8.12. The van der Waals surface area contributed by atoms with E-state index in [-0.39, 0.29) is 29.0 Å². The van der Waals surface area contributed by atoms with Crippen LogP contribution in [0.25, 0.3) is 0 Å². The molecule has 2 rings (SSSR count). The van der Waals surface area contributed by atoms with Gasteiger partial charge in [-0.2, -0.15) is 0 Å². The van der Waals surface area contributed by atoms with E-state index in [1.165, 1.54) is 6.07 Å². The van der Waals surface area contributed by atoms with Crippen LogP contribution < -0.4 is 15.4 Å². The topological polar surface area (TPSA) is 131 Å². The van der Waals surface area contributed by atoms with Gasteiger partial charge in [0.05, 0.1) is 17.7 Å². The second-order valence-corrected chi connectivity index (χ2v) is 9.88. The number of ether oxygens (including phenoxy) is 1. The number of anilines is 1. The van der Waals surface area contributed by atoms with Crippen LogP contribution in [0.4, 0.5) is 5.69 Å². The van der Waals surface area contributed by atoms with Crippen molar-refractivity contribution in [3.8, 4) is 0 Å². The number of thiophene rings is 1. The van der Waals surface area contributed by atoms with Crippen LogP contribution in [0.5, 0.6) is 0 Å². The monoisotopic (exact) mass is 467 g/mol. The predicted molar refractivity (Wildman–Crippen MR) is 117 cm³/mol. The zero-order chi connectivity index (χ0) is 22.9. The molecule has 1 aromatic heterocycles. The molecule has 0 saturated carbocycles. The van der Waals surface area contributed by atoms with E-state index in [0.717, 1.165) is 11.3 Å². The first-order valence-electron chi connectivity index (χ1n) is 9.55. The summed E-state index contributed by atoms with van der Waals surface area (Å²) in [5.74, 6) is -1.39. The SMILES string of the molecule is CC(C)CNC(=O)c1ccccc1NC(=O)COC(=O)CCNS(=O)(=O)c1cccs1. The number of para-hydroxylation sites is 1. The number of sulfonamides is 1. The lowest BCUT2D eigenvalue weighted by molar-refractivity contribution is -0.147. The van der Waals surface area contributed by atoms with Crippen molar-refractivity contribution < 1.29 is 27.5 Å². The average molecular weight is 468 g/mol. The zero-order valence-corrected chi connectivity index (χ0v) is 18.8. The summed E-state index contributed by atoms with van der Waals surface area (Å²) in [6.07, 6.45) is -0.230. The smallest absolute Gasteiger partial charge is 0.307 e. The van der Waals surface area contributed by atoms with Crippen molar-refractivity contribution in [2.24, 2.45) is 5.92 Å². The van der Waals surface area contributed by atoms with E-state index in [1.807, 2.05) is 13.8 Å². The number of esters is 1. The molecule has 1 aromatic carbocycles. The maximum Gasteiger partial charge on any atom is 0.307 e. The van der Waals surface area contributed by atoms with E-state index in [1.54, 1.807) is 35.7 Å². The molecule has 0 aliphatic rings. The highest BCUT2D eigenvalue weighted by Crippen LogP contribution is 2.16. The summed E-state index contributed by atoms with van der Waals surface area (Å²) in [4.78, 5) is 36.2. The Kier molecular flexibility index (Phi) is 9.16. The maximum atomic E-state index is 12.3. The van der Waals surface area contributed by atoms with Crippen LogP contribution >= 0.6 is 11.3 Å². The molecule has 1 heterocycles. The Labute approximate surface area is 185 Å². The molecule has 0 radical (unpaired) electrons. The number of carbonyl (C=O) groups excluding carboxylic acids is 3. The highest BCUT2D eigenvalue weighted by atomic mass is 32.2. The Balaban J connectivity index is 1.79. The number of hydrogen-bond donors (Lipinski definition) is 3. The van der Waals surface area contributed by atoms with Crippen LogP contribution in [-0.2, 0) is 24.3 Å². The van der Waals surface area contributed by atoms with Crippen molar-refractivity contribution in [2.75, 3.05) is 25.0 Å². The van der Waals surface area contributed by atoms with E-state index >= 15 is 0 Å². The summed E-state index contributed by atoms with van der Waals surface area (Å²) in [6, 6.07) is 9.56. The number of nitrogens with one attached hydrogen (secondary N) is 3. The van der Waals surface area contributed by atoms with E-state index in [9.17, 15) is 22.8 Å². The summed E-state index contributed by atoms with van der Waals surface area (Å²) in [6.45, 7) is 3.72. The van der Waals surface area contributed by atoms with Gasteiger partial charge in [-0.3, -0.25) is 14.4 Å². The van der Waals surface area contributed by atoms with Gasteiger partial charge in [0.25, 0.3) is 11.8 Å². The third-order valence-corrected chi connectivity index (χ3v) is 6.72. The Morgan fingerprint density at radius 2 is 1.84 bits per heavy atom. The highest BCUT2D eigenvalue weighted by Gasteiger charge is 2.17. The summed E-state index contributed by atoms with van der Waals surface area (Å²) >= 11 is 1.06. The molecule has 0 spiro atoms. The van der Waals surface area contributed by atoms with Gasteiger partial charge < -0.3 is 15.4 Å². The molecule has 0 bridgehead atoms. The zero-order valence-electron chi connectivity index (χ0n) is 17.2. The summed E-state index contributed by atoms with van der Waals surface area (Å²) in [5, 5.41) is 6.96. The second-order valence-electron chi connectivity index (χ2n) is 6.94. The van der Waals surface area contributed by atoms with Crippen LogP contribution in [0.2, 0.25) is 0 Å². The fourth-order valence-corrected chi connectivity index (χ4v) is 4.43. The first-order valence-corrected chi connectivity index (χ1v) is 11.9. The Morgan fingerprint density at radius 1 is 1.10 bits per heavy atom. The van der Waals surface area contributed by atoms with Crippen molar-refractivity contribution in [3.63, 3.8) is 0 Å². The molecule has 2 amide bonds. The first-order chi connectivity index (χ1) is 14.7. The molecule has 2 aromatic rings. The molecular formula is C20H25N3O6S2. The van der Waals surface area contributed by atoms with Crippen LogP contribution in [0, 0.1) is 5.92 Å². The van der Waals surface area contributed by atoms with Crippen LogP contribution in [-0.4, -0.2) is 45.9 Å². The van der Waals surface area contributed by atoms with Crippen molar-refractivity contribution in [1.82, 2.24) is 10.0 Å². The molecule has 31 heavy (non-hydrogen) atoms. The van der Waals surface area contributed by atoms with E-state index in [4.69, 9.17) is 4.74 Å². The normalized spacial score (nSPS) is 11.2. The lowest BCUT2D eigenvalue weighted by Gasteiger charge is -2.12. The Bertz CT molecular complexity index is 1000. The molecule has 9 nitrogen and oxygen atoms in total. The Morgan fingerprint density at radius 3 is 2.52 bits per heavy atom. The second kappa shape index (κ2) is 11.6. The van der Waals surface area contributed by atoms with Gasteiger partial charge in [-0.05, 0) is 29.5 Å². The fraction of sp³-hybridized carbons (Fsp3) is 0.350. The van der Waals surface area contributed by atoms with Crippen LogP contribution in [0.3, 0.4) is 0 Å². The number of amides is 2.